The second-order valence-corrected chi connectivity index (χ2v) is 9.28. The molecule has 9 heteroatoms. The van der Waals surface area contributed by atoms with Crippen LogP contribution in [0.2, 0.25) is 0.515 Å². The molecule has 0 saturated carbocycles. The number of aliphatic carboxylic acids is 2. The van der Waals surface area contributed by atoms with Crippen molar-refractivity contribution in [3.8, 4) is 0 Å². The van der Waals surface area contributed by atoms with Crippen molar-refractivity contribution in [2.75, 3.05) is 0 Å². The van der Waals surface area contributed by atoms with E-state index in [-0.39, 0.29) is 0 Å². The van der Waals surface area contributed by atoms with Crippen LogP contribution in [0.15, 0.2) is 0 Å². The molecule has 0 aliphatic heterocycles. The molecule has 0 aromatic heterocycles. The Morgan fingerprint density at radius 3 is 1.52 bits per heavy atom. The van der Waals surface area contributed by atoms with Gasteiger partial charge in [0.15, 0.2) is 5.25 Å². The molecule has 0 saturated heterocycles. The molecular weight excluding hydrogens is 375 g/mol. The average Bonchev–Trinajstić information content (AvgIpc) is 2.50. The quantitative estimate of drug-likeness (QED) is 0.229. The molecule has 7 nitrogen and oxygen atoms in total. The number of hydrogen-bond donors (Lipinski definition) is 3. The molecule has 1 atom stereocenters. The zero-order chi connectivity index (χ0) is 19.7. The topological polar surface area (TPSA) is 129 Å². The van der Waals surface area contributed by atoms with E-state index in [0.717, 1.165) is 49.0 Å². The standard InChI is InChI=1S/C12H25.C4H6O7S.K/c1-3-5-7-9-11-12-10-8-6-4-2;5-3(6)1-2(4(7)8)12(9,10)11;/h1,3-12H2,2H3;2H,1H2,(H,5,6)(H,7,8)(H,9,10,11);. The van der Waals surface area contributed by atoms with Crippen LogP contribution in [-0.2, 0) is 19.7 Å². The van der Waals surface area contributed by atoms with Crippen molar-refractivity contribution >= 4 is 71.0 Å². The van der Waals surface area contributed by atoms with Gasteiger partial charge in [-0.2, -0.15) is 8.42 Å². The minimum absolute atomic E-state index is 1.10. The first-order valence-electron chi connectivity index (χ1n) is 9.07. The Morgan fingerprint density at radius 2 is 1.28 bits per heavy atom. The smallest absolute Gasteiger partial charge is 0.325 e. The van der Waals surface area contributed by atoms with Gasteiger partial charge in [-0.05, 0) is 0 Å². The van der Waals surface area contributed by atoms with E-state index >= 15 is 0 Å². The third-order valence-electron chi connectivity index (χ3n) is 3.70. The van der Waals surface area contributed by atoms with Crippen molar-refractivity contribution in [2.45, 2.75) is 83.3 Å². The summed E-state index contributed by atoms with van der Waals surface area (Å²) in [5, 5.41) is 13.9. The largest absolute Gasteiger partial charge is 0.481 e. The van der Waals surface area contributed by atoms with Gasteiger partial charge in [0.05, 0.1) is 6.42 Å². The first kappa shape index (κ1) is 27.7. The van der Waals surface area contributed by atoms with E-state index in [1.54, 1.807) is 0.515 Å². The maximum atomic E-state index is 10.2. The predicted molar refractivity (Wildman–Crippen MR) is 97.6 cm³/mol. The molecule has 0 aromatic rings. The predicted octanol–water partition coefficient (Wildman–Crippen LogP) is 3.30. The van der Waals surface area contributed by atoms with Crippen molar-refractivity contribution in [1.29, 1.82) is 0 Å². The molecule has 25 heavy (non-hydrogen) atoms. The van der Waals surface area contributed by atoms with Crippen LogP contribution in [0, 0.1) is 0 Å². The number of carboxylic acids is 2. The first-order valence-corrected chi connectivity index (χ1v) is 12.8. The van der Waals surface area contributed by atoms with Crippen LogP contribution in [-0.4, -0.2) is 89.3 Å². The van der Waals surface area contributed by atoms with Crippen molar-refractivity contribution < 1.29 is 32.8 Å². The minimum atomic E-state index is -4.84. The van der Waals surface area contributed by atoms with Gasteiger partial charge in [0.1, 0.15) is 0 Å². The van der Waals surface area contributed by atoms with Crippen LogP contribution in [0.5, 0.6) is 0 Å². The van der Waals surface area contributed by atoms with E-state index in [1.807, 2.05) is 0 Å². The van der Waals surface area contributed by atoms with Crippen LogP contribution < -0.4 is 0 Å². The molecule has 3 N–H and O–H groups in total. The van der Waals surface area contributed by atoms with Crippen LogP contribution in [0.1, 0.15) is 77.6 Å². The Labute approximate surface area is 185 Å². The van der Waals surface area contributed by atoms with Crippen molar-refractivity contribution in [3.63, 3.8) is 0 Å². The van der Waals surface area contributed by atoms with Gasteiger partial charge in [0, 0.05) is 0 Å². The van der Waals surface area contributed by atoms with Gasteiger partial charge in [0.25, 0.3) is 10.1 Å². The second-order valence-electron chi connectivity index (χ2n) is 6.12. The fourth-order valence-electron chi connectivity index (χ4n) is 2.22. The van der Waals surface area contributed by atoms with Crippen molar-refractivity contribution in [2.24, 2.45) is 0 Å². The molecule has 0 rings (SSSR count). The minimum Gasteiger partial charge on any atom is -0.481 e. The molecule has 0 amide bonds. The van der Waals surface area contributed by atoms with Crippen LogP contribution in [0.3, 0.4) is 0 Å². The summed E-state index contributed by atoms with van der Waals surface area (Å²) >= 11 is 1.10. The second kappa shape index (κ2) is 17.9. The number of carbonyl (C=O) groups is 2. The van der Waals surface area contributed by atoms with Crippen LogP contribution in [0.4, 0.5) is 0 Å². The number of carboxylic acid groups (broad SMARTS) is 2. The van der Waals surface area contributed by atoms with Gasteiger partial charge in [-0.15, -0.1) is 0 Å². The Hall–Kier alpha value is 0.486. The Bertz CT molecular complexity index is 441. The summed E-state index contributed by atoms with van der Waals surface area (Å²) in [5.41, 5.74) is 0. The third kappa shape index (κ3) is 20.6. The van der Waals surface area contributed by atoms with Gasteiger partial charge >= 0.3 is 133 Å². The van der Waals surface area contributed by atoms with E-state index in [1.165, 1.54) is 64.2 Å². The molecule has 0 aliphatic rings. The van der Waals surface area contributed by atoms with E-state index < -0.39 is 33.7 Å². The summed E-state index contributed by atoms with van der Waals surface area (Å²) in [4.78, 5) is 20.0. The molecule has 1 unspecified atom stereocenters. The van der Waals surface area contributed by atoms with Crippen LogP contribution in [0.25, 0.3) is 0 Å². The summed E-state index contributed by atoms with van der Waals surface area (Å²) in [6.07, 6.45) is 13.6. The molecule has 0 aromatic carbocycles. The Kier molecular flexibility index (Phi) is 19.8. The molecule has 0 heterocycles. The Balaban J connectivity index is 0. The maximum Gasteiger partial charge on any atom is 0.325 e. The third-order valence-corrected chi connectivity index (χ3v) is 5.89. The molecule has 0 aliphatic carbocycles. The SMILES string of the molecule is CCCCCCCCCCC[CH2][K].O=C(O)CC(C(=O)O)S(=O)(=O)O. The molecule has 0 spiro atoms. The van der Waals surface area contributed by atoms with Gasteiger partial charge in [-0.25, -0.2) is 0 Å². The summed E-state index contributed by atoms with van der Waals surface area (Å²) < 4.78 is 30.2. The van der Waals surface area contributed by atoms with E-state index in [2.05, 4.69) is 6.92 Å². The zero-order valence-corrected chi connectivity index (χ0v) is 19.4. The maximum absolute atomic E-state index is 10.2. The van der Waals surface area contributed by atoms with Crippen molar-refractivity contribution in [1.82, 2.24) is 0 Å². The summed E-state index contributed by atoms with van der Waals surface area (Å²) in [6, 6.07) is 0. The van der Waals surface area contributed by atoms with Gasteiger partial charge in [-0.1, -0.05) is 0 Å². The number of hydrogen-bond acceptors (Lipinski definition) is 4. The van der Waals surface area contributed by atoms with Gasteiger partial charge in [0.2, 0.25) is 0 Å². The molecular formula is C16H31KO7S. The summed E-state index contributed by atoms with van der Waals surface area (Å²) in [6.45, 7) is 2.29. The summed E-state index contributed by atoms with van der Waals surface area (Å²) in [5.74, 6) is -3.50. The van der Waals surface area contributed by atoms with Crippen LogP contribution >= 0.6 is 0 Å². The van der Waals surface area contributed by atoms with Crippen molar-refractivity contribution in [3.05, 3.63) is 0 Å². The van der Waals surface area contributed by atoms with Gasteiger partial charge in [-0.3, -0.25) is 14.1 Å². The Morgan fingerprint density at radius 1 is 0.880 bits per heavy atom. The molecule has 0 radical (unpaired) electrons. The molecule has 144 valence electrons. The molecule has 0 bridgehead atoms. The average molecular weight is 407 g/mol. The summed E-state index contributed by atoms with van der Waals surface area (Å²) in [7, 11) is -4.84. The monoisotopic (exact) mass is 406 g/mol. The fraction of sp³-hybridized carbons (Fsp3) is 0.875. The zero-order valence-electron chi connectivity index (χ0n) is 15.4. The van der Waals surface area contributed by atoms with Gasteiger partial charge < -0.3 is 10.2 Å². The molecule has 0 fully saturated rings. The van der Waals surface area contributed by atoms with E-state index in [4.69, 9.17) is 14.8 Å². The number of unbranched alkanes of at least 4 members (excludes halogenated alkanes) is 9. The normalized spacial score (nSPS) is 12.2. The fourth-order valence-corrected chi connectivity index (χ4v) is 3.60. The van der Waals surface area contributed by atoms with E-state index in [9.17, 15) is 18.0 Å². The first-order chi connectivity index (χ1) is 11.7. The van der Waals surface area contributed by atoms with E-state index in [0.29, 0.717) is 0 Å². The number of rotatable bonds is 14.